The molecule has 1 atom stereocenters. The number of rotatable bonds is 5. The fourth-order valence-electron chi connectivity index (χ4n) is 2.86. The summed E-state index contributed by atoms with van der Waals surface area (Å²) in [6.07, 6.45) is 0.994. The molecular formula is C19H23ClF3N3. The third-order valence-electron chi connectivity index (χ3n) is 4.04. The molecule has 3 heterocycles. The number of aromatic nitrogens is 2. The Labute approximate surface area is 157 Å². The van der Waals surface area contributed by atoms with E-state index in [1.54, 1.807) is 0 Å². The molecule has 0 aliphatic carbocycles. The van der Waals surface area contributed by atoms with Crippen LogP contribution in [0.2, 0.25) is 5.15 Å². The number of anilines is 1. The summed E-state index contributed by atoms with van der Waals surface area (Å²) in [5, 5.41) is -0.306. The Balaban J connectivity index is 0.00000117. The first kappa shape index (κ1) is 20.5. The first-order chi connectivity index (χ1) is 12.4. The first-order valence-electron chi connectivity index (χ1n) is 8.73. The van der Waals surface area contributed by atoms with Gasteiger partial charge >= 0.3 is 0 Å². The number of hydrogen-bond donors (Lipinski definition) is 0. The van der Waals surface area contributed by atoms with Crippen molar-refractivity contribution in [2.45, 2.75) is 46.6 Å². The van der Waals surface area contributed by atoms with Gasteiger partial charge in [0.25, 0.3) is 6.43 Å². The van der Waals surface area contributed by atoms with Crippen LogP contribution in [0.5, 0.6) is 0 Å². The van der Waals surface area contributed by atoms with Gasteiger partial charge in [0.05, 0.1) is 17.6 Å². The number of alkyl halides is 2. The second-order valence-corrected chi connectivity index (χ2v) is 6.69. The van der Waals surface area contributed by atoms with Crippen LogP contribution in [0, 0.1) is 11.7 Å². The molecule has 0 N–H and O–H groups in total. The Morgan fingerprint density at radius 2 is 1.96 bits per heavy atom. The average Bonchev–Trinajstić information content (AvgIpc) is 3.36. The maximum Gasteiger partial charge on any atom is 0.265 e. The Morgan fingerprint density at radius 3 is 2.58 bits per heavy atom. The molecule has 0 spiro atoms. The molecule has 2 aromatic heterocycles. The van der Waals surface area contributed by atoms with Crippen LogP contribution < -0.4 is 4.90 Å². The second kappa shape index (κ2) is 8.71. The third-order valence-corrected chi connectivity index (χ3v) is 4.30. The van der Waals surface area contributed by atoms with Crippen LogP contribution in [0.3, 0.4) is 0 Å². The lowest BCUT2D eigenvalue weighted by atomic mass is 10.1. The zero-order chi connectivity index (χ0) is 19.4. The standard InChI is InChI=1S/C17H17ClF3N3.C2H6/c1-9(2)5-10-8-24(10)14-7-23-13(6-12(14)17(20)21)11-3-4-22-16(18)15(11)19;1-2/h3-4,6-7,9-10,17H,5,8H2,1-2H3;1-2H3. The molecule has 3 nitrogen and oxygen atoms in total. The third kappa shape index (κ3) is 4.47. The normalized spacial score (nSPS) is 15.9. The van der Waals surface area contributed by atoms with E-state index in [0.717, 1.165) is 13.0 Å². The molecule has 7 heteroatoms. The van der Waals surface area contributed by atoms with Gasteiger partial charge in [0, 0.05) is 29.9 Å². The quantitative estimate of drug-likeness (QED) is 0.457. The Kier molecular flexibility index (Phi) is 6.87. The predicted molar refractivity (Wildman–Crippen MR) is 99.3 cm³/mol. The number of hydrogen-bond acceptors (Lipinski definition) is 3. The fraction of sp³-hybridized carbons (Fsp3) is 0.474. The summed E-state index contributed by atoms with van der Waals surface area (Å²) in [7, 11) is 0. The summed E-state index contributed by atoms with van der Waals surface area (Å²) in [4.78, 5) is 9.70. The van der Waals surface area contributed by atoms with Gasteiger partial charge in [-0.2, -0.15) is 0 Å². The summed E-state index contributed by atoms with van der Waals surface area (Å²) in [6, 6.07) is 2.87. The summed E-state index contributed by atoms with van der Waals surface area (Å²) in [6.45, 7) is 8.94. The van der Waals surface area contributed by atoms with Crippen molar-refractivity contribution in [3.05, 3.63) is 41.1 Å². The van der Waals surface area contributed by atoms with E-state index in [-0.39, 0.29) is 28.0 Å². The van der Waals surface area contributed by atoms with Gasteiger partial charge in [-0.25, -0.2) is 18.2 Å². The van der Waals surface area contributed by atoms with Gasteiger partial charge in [0.15, 0.2) is 11.0 Å². The van der Waals surface area contributed by atoms with Crippen molar-refractivity contribution in [2.75, 3.05) is 11.4 Å². The van der Waals surface area contributed by atoms with Crippen molar-refractivity contribution in [3.8, 4) is 11.3 Å². The molecule has 1 aliphatic rings. The molecule has 3 rings (SSSR count). The van der Waals surface area contributed by atoms with E-state index < -0.39 is 12.2 Å². The van der Waals surface area contributed by atoms with E-state index in [1.807, 2.05) is 18.7 Å². The van der Waals surface area contributed by atoms with Gasteiger partial charge < -0.3 is 4.90 Å². The molecule has 142 valence electrons. The van der Waals surface area contributed by atoms with Crippen molar-refractivity contribution in [2.24, 2.45) is 5.92 Å². The highest BCUT2D eigenvalue weighted by Crippen LogP contribution is 2.39. The molecule has 2 aromatic rings. The lowest BCUT2D eigenvalue weighted by molar-refractivity contribution is 0.152. The zero-order valence-corrected chi connectivity index (χ0v) is 16.1. The van der Waals surface area contributed by atoms with Crippen LogP contribution in [0.25, 0.3) is 11.3 Å². The molecule has 0 saturated carbocycles. The van der Waals surface area contributed by atoms with Crippen LogP contribution in [-0.4, -0.2) is 22.6 Å². The Morgan fingerprint density at radius 1 is 1.27 bits per heavy atom. The predicted octanol–water partition coefficient (Wildman–Crippen LogP) is 6.13. The number of halogens is 4. The number of nitrogens with zero attached hydrogens (tertiary/aromatic N) is 3. The second-order valence-electron chi connectivity index (χ2n) is 6.33. The van der Waals surface area contributed by atoms with Crippen LogP contribution in [0.1, 0.15) is 46.1 Å². The first-order valence-corrected chi connectivity index (χ1v) is 9.11. The molecule has 1 saturated heterocycles. The van der Waals surface area contributed by atoms with Gasteiger partial charge in [-0.1, -0.05) is 39.3 Å². The van der Waals surface area contributed by atoms with E-state index in [9.17, 15) is 13.2 Å². The van der Waals surface area contributed by atoms with E-state index in [0.29, 0.717) is 11.6 Å². The Hall–Kier alpha value is -1.82. The van der Waals surface area contributed by atoms with Crippen molar-refractivity contribution in [1.29, 1.82) is 0 Å². The van der Waals surface area contributed by atoms with Gasteiger partial charge in [-0.05, 0) is 24.5 Å². The monoisotopic (exact) mass is 385 g/mol. The minimum absolute atomic E-state index is 0.0629. The molecule has 1 fully saturated rings. The van der Waals surface area contributed by atoms with E-state index in [4.69, 9.17) is 11.6 Å². The SMILES string of the molecule is CC.CC(C)CC1CN1c1cnc(-c2ccnc(Cl)c2F)cc1C(F)F. The number of pyridine rings is 2. The van der Waals surface area contributed by atoms with Crippen molar-refractivity contribution in [1.82, 2.24) is 9.97 Å². The smallest absolute Gasteiger partial charge is 0.265 e. The fourth-order valence-corrected chi connectivity index (χ4v) is 3.02. The van der Waals surface area contributed by atoms with Crippen LogP contribution >= 0.6 is 11.6 Å². The van der Waals surface area contributed by atoms with Crippen molar-refractivity contribution >= 4 is 17.3 Å². The van der Waals surface area contributed by atoms with Crippen LogP contribution in [0.4, 0.5) is 18.9 Å². The largest absolute Gasteiger partial charge is 0.363 e. The highest BCUT2D eigenvalue weighted by atomic mass is 35.5. The lowest BCUT2D eigenvalue weighted by Crippen LogP contribution is -2.06. The summed E-state index contributed by atoms with van der Waals surface area (Å²) in [5.74, 6) is -0.265. The van der Waals surface area contributed by atoms with Crippen molar-refractivity contribution < 1.29 is 13.2 Å². The molecule has 1 aliphatic heterocycles. The average molecular weight is 386 g/mol. The summed E-state index contributed by atoms with van der Waals surface area (Å²) in [5.41, 5.74) is 0.463. The molecule has 0 amide bonds. The Bertz CT molecular complexity index is 753. The molecule has 26 heavy (non-hydrogen) atoms. The molecule has 0 radical (unpaired) electrons. The van der Waals surface area contributed by atoms with E-state index in [1.165, 1.54) is 24.5 Å². The van der Waals surface area contributed by atoms with Gasteiger partial charge in [0.2, 0.25) is 0 Å². The van der Waals surface area contributed by atoms with Crippen LogP contribution in [0.15, 0.2) is 24.5 Å². The minimum atomic E-state index is -2.66. The molecule has 1 unspecified atom stereocenters. The van der Waals surface area contributed by atoms with E-state index >= 15 is 0 Å². The van der Waals surface area contributed by atoms with E-state index in [2.05, 4.69) is 23.8 Å². The van der Waals surface area contributed by atoms with Crippen LogP contribution in [-0.2, 0) is 0 Å². The van der Waals surface area contributed by atoms with Gasteiger partial charge in [-0.15, -0.1) is 0 Å². The van der Waals surface area contributed by atoms with Gasteiger partial charge in [-0.3, -0.25) is 4.98 Å². The maximum atomic E-state index is 14.1. The summed E-state index contributed by atoms with van der Waals surface area (Å²) >= 11 is 5.66. The van der Waals surface area contributed by atoms with Crippen molar-refractivity contribution in [3.63, 3.8) is 0 Å². The topological polar surface area (TPSA) is 28.8 Å². The molecule has 0 aromatic carbocycles. The maximum absolute atomic E-state index is 14.1. The molecular weight excluding hydrogens is 363 g/mol. The highest BCUT2D eigenvalue weighted by Gasteiger charge is 2.37. The molecule has 0 bridgehead atoms. The highest BCUT2D eigenvalue weighted by molar-refractivity contribution is 6.29. The summed E-state index contributed by atoms with van der Waals surface area (Å²) < 4.78 is 41.1. The lowest BCUT2D eigenvalue weighted by Gasteiger charge is -2.14. The van der Waals surface area contributed by atoms with Gasteiger partial charge in [0.1, 0.15) is 0 Å². The minimum Gasteiger partial charge on any atom is -0.363 e. The zero-order valence-electron chi connectivity index (χ0n) is 15.3.